The Kier molecular flexibility index (Phi) is 5.93. The Hall–Kier alpha value is -4.07. The maximum absolute atomic E-state index is 13.2. The zero-order chi connectivity index (χ0) is 22.7. The number of anilines is 3. The lowest BCUT2D eigenvalue weighted by atomic mass is 10.1. The van der Waals surface area contributed by atoms with Crippen molar-refractivity contribution in [3.05, 3.63) is 71.9 Å². The number of hydrogen-bond acceptors (Lipinski definition) is 5. The molecule has 1 aromatic heterocycles. The minimum absolute atomic E-state index is 0.142. The average molecular weight is 432 g/mol. The first kappa shape index (κ1) is 21.2. The number of carboxylic acid groups (broad SMARTS) is 1. The fraction of sp³-hybridized carbons (Fsp3) is 0.208. The number of nitrogens with one attached hydrogen (secondary N) is 1. The molecule has 1 fully saturated rings. The maximum Gasteiger partial charge on any atom is 0.335 e. The van der Waals surface area contributed by atoms with Crippen molar-refractivity contribution in [2.75, 3.05) is 35.3 Å². The van der Waals surface area contributed by atoms with Crippen LogP contribution in [-0.4, -0.2) is 42.2 Å². The highest BCUT2D eigenvalue weighted by Crippen LogP contribution is 2.31. The highest BCUT2D eigenvalue weighted by atomic mass is 16.5. The van der Waals surface area contributed by atoms with Gasteiger partial charge in [0.25, 0.3) is 0 Å². The summed E-state index contributed by atoms with van der Waals surface area (Å²) in [7, 11) is 1.83. The summed E-state index contributed by atoms with van der Waals surface area (Å²) in [5.41, 5.74) is 3.44. The Balaban J connectivity index is 1.51. The maximum atomic E-state index is 13.2. The number of aromatic nitrogens is 1. The van der Waals surface area contributed by atoms with Crippen LogP contribution in [0.25, 0.3) is 0 Å². The molecule has 1 saturated heterocycles. The summed E-state index contributed by atoms with van der Waals surface area (Å²) >= 11 is 0. The van der Waals surface area contributed by atoms with Crippen LogP contribution in [0, 0.1) is 6.92 Å². The van der Waals surface area contributed by atoms with E-state index < -0.39 is 5.97 Å². The van der Waals surface area contributed by atoms with Crippen LogP contribution in [0.5, 0.6) is 11.6 Å². The molecule has 0 saturated carbocycles. The summed E-state index contributed by atoms with van der Waals surface area (Å²) in [6, 6.07) is 15.5. The molecule has 2 aromatic carbocycles. The third kappa shape index (κ3) is 4.34. The summed E-state index contributed by atoms with van der Waals surface area (Å²) in [6.45, 7) is 3.11. The molecule has 1 aliphatic heterocycles. The monoisotopic (exact) mass is 432 g/mol. The van der Waals surface area contributed by atoms with Gasteiger partial charge in [-0.25, -0.2) is 14.6 Å². The number of aryl methyl sites for hydroxylation is 1. The predicted octanol–water partition coefficient (Wildman–Crippen LogP) is 4.76. The lowest BCUT2D eigenvalue weighted by molar-refractivity contribution is 0.0697. The third-order valence-electron chi connectivity index (χ3n) is 5.36. The van der Waals surface area contributed by atoms with E-state index in [9.17, 15) is 9.59 Å². The number of benzene rings is 2. The number of urea groups is 1. The van der Waals surface area contributed by atoms with Gasteiger partial charge < -0.3 is 15.2 Å². The molecule has 2 heterocycles. The fourth-order valence-corrected chi connectivity index (χ4v) is 3.60. The van der Waals surface area contributed by atoms with E-state index in [1.54, 1.807) is 34.2 Å². The Morgan fingerprint density at radius 3 is 2.31 bits per heavy atom. The smallest absolute Gasteiger partial charge is 0.335 e. The number of rotatable bonds is 6. The Labute approximate surface area is 186 Å². The topological polar surface area (TPSA) is 95.0 Å². The molecule has 2 amide bonds. The number of aromatic carboxylic acids is 1. The molecule has 1 aliphatic rings. The van der Waals surface area contributed by atoms with Crippen LogP contribution in [0.1, 0.15) is 22.3 Å². The van der Waals surface area contributed by atoms with E-state index in [2.05, 4.69) is 10.3 Å². The van der Waals surface area contributed by atoms with Crippen molar-refractivity contribution in [3.63, 3.8) is 0 Å². The van der Waals surface area contributed by atoms with Gasteiger partial charge in [-0.2, -0.15) is 0 Å². The molecule has 0 radical (unpaired) electrons. The van der Waals surface area contributed by atoms with Gasteiger partial charge in [-0.05, 0) is 67.4 Å². The van der Waals surface area contributed by atoms with E-state index in [1.807, 2.05) is 38.2 Å². The van der Waals surface area contributed by atoms with Crippen molar-refractivity contribution >= 4 is 29.1 Å². The molecule has 0 bridgehead atoms. The van der Waals surface area contributed by atoms with E-state index in [4.69, 9.17) is 9.84 Å². The van der Waals surface area contributed by atoms with Crippen molar-refractivity contribution in [2.24, 2.45) is 0 Å². The predicted molar refractivity (Wildman–Crippen MR) is 123 cm³/mol. The van der Waals surface area contributed by atoms with Gasteiger partial charge in [-0.3, -0.25) is 9.80 Å². The molecular formula is C24H24N4O4. The molecule has 0 aliphatic carbocycles. The first-order valence-electron chi connectivity index (χ1n) is 10.3. The first-order valence-corrected chi connectivity index (χ1v) is 10.3. The molecule has 32 heavy (non-hydrogen) atoms. The van der Waals surface area contributed by atoms with E-state index in [0.717, 1.165) is 23.4 Å². The number of hydrogen-bond donors (Lipinski definition) is 2. The number of pyridine rings is 1. The van der Waals surface area contributed by atoms with Gasteiger partial charge in [0.1, 0.15) is 5.75 Å². The first-order chi connectivity index (χ1) is 15.5. The normalized spacial score (nSPS) is 13.8. The van der Waals surface area contributed by atoms with Gasteiger partial charge in [0.05, 0.1) is 17.4 Å². The summed E-state index contributed by atoms with van der Waals surface area (Å²) in [4.78, 5) is 31.9. The minimum Gasteiger partial charge on any atom is -0.478 e. The summed E-state index contributed by atoms with van der Waals surface area (Å²) in [6.07, 6.45) is 2.49. The summed E-state index contributed by atoms with van der Waals surface area (Å²) in [5.74, 6) is 0.169. The molecule has 8 nitrogen and oxygen atoms in total. The number of carbonyl (C=O) groups excluding carboxylic acids is 1. The number of carboxylic acids is 1. The molecule has 0 unspecified atom stereocenters. The molecule has 0 atom stereocenters. The molecule has 2 N–H and O–H groups in total. The second-order valence-electron chi connectivity index (χ2n) is 7.48. The highest BCUT2D eigenvalue weighted by Gasteiger charge is 2.28. The third-order valence-corrected chi connectivity index (χ3v) is 5.36. The second kappa shape index (κ2) is 8.97. The van der Waals surface area contributed by atoms with E-state index in [0.29, 0.717) is 30.4 Å². The Morgan fingerprint density at radius 1 is 1.03 bits per heavy atom. The van der Waals surface area contributed by atoms with Crippen molar-refractivity contribution in [1.29, 1.82) is 0 Å². The summed E-state index contributed by atoms with van der Waals surface area (Å²) < 4.78 is 5.90. The van der Waals surface area contributed by atoms with Gasteiger partial charge in [0.15, 0.2) is 0 Å². The van der Waals surface area contributed by atoms with Crippen LogP contribution in [0.4, 0.5) is 21.9 Å². The minimum atomic E-state index is -0.992. The average Bonchev–Trinajstić information content (AvgIpc) is 2.81. The molecule has 4 rings (SSSR count). The summed E-state index contributed by atoms with van der Waals surface area (Å²) in [5, 5.41) is 12.1. The number of nitrogens with zero attached hydrogens (tertiary/aromatic N) is 3. The van der Waals surface area contributed by atoms with E-state index >= 15 is 0 Å². The fourth-order valence-electron chi connectivity index (χ4n) is 3.60. The van der Waals surface area contributed by atoms with Crippen LogP contribution in [0.2, 0.25) is 0 Å². The molecule has 8 heteroatoms. The van der Waals surface area contributed by atoms with Crippen molar-refractivity contribution in [2.45, 2.75) is 13.3 Å². The standard InChI is InChI=1S/C24H24N4O4/c1-16-14-20(9-10-21(16)32-22-11-6-18(25-2)15-26-22)28-13-3-12-27(24(28)31)19-7-4-17(5-8-19)23(29)30/h4-11,14-15,25H,3,12-13H2,1-2H3,(H,29,30). The van der Waals surface area contributed by atoms with Gasteiger partial charge in [-0.15, -0.1) is 0 Å². The number of carbonyl (C=O) groups is 2. The zero-order valence-corrected chi connectivity index (χ0v) is 17.9. The zero-order valence-electron chi connectivity index (χ0n) is 17.9. The van der Waals surface area contributed by atoms with Crippen LogP contribution < -0.4 is 19.9 Å². The van der Waals surface area contributed by atoms with E-state index in [-0.39, 0.29) is 11.6 Å². The number of amides is 2. The molecule has 3 aromatic rings. The van der Waals surface area contributed by atoms with Crippen LogP contribution in [0.3, 0.4) is 0 Å². The SMILES string of the molecule is CNc1ccc(Oc2ccc(N3CCCN(c4ccc(C(=O)O)cc4)C3=O)cc2C)nc1. The van der Waals surface area contributed by atoms with Gasteiger partial charge in [-0.1, -0.05) is 0 Å². The second-order valence-corrected chi connectivity index (χ2v) is 7.48. The van der Waals surface area contributed by atoms with Crippen molar-refractivity contribution in [3.8, 4) is 11.6 Å². The largest absolute Gasteiger partial charge is 0.478 e. The van der Waals surface area contributed by atoms with Gasteiger partial charge >= 0.3 is 12.0 Å². The number of ether oxygens (including phenoxy) is 1. The van der Waals surface area contributed by atoms with Crippen LogP contribution >= 0.6 is 0 Å². The molecule has 0 spiro atoms. The lowest BCUT2D eigenvalue weighted by Gasteiger charge is -2.36. The van der Waals surface area contributed by atoms with Crippen LogP contribution in [0.15, 0.2) is 60.8 Å². The Morgan fingerprint density at radius 2 is 1.72 bits per heavy atom. The van der Waals surface area contributed by atoms with Gasteiger partial charge in [0, 0.05) is 37.6 Å². The van der Waals surface area contributed by atoms with Crippen molar-refractivity contribution < 1.29 is 19.4 Å². The molecular weight excluding hydrogens is 408 g/mol. The van der Waals surface area contributed by atoms with E-state index in [1.165, 1.54) is 12.1 Å². The van der Waals surface area contributed by atoms with Crippen LogP contribution in [-0.2, 0) is 0 Å². The van der Waals surface area contributed by atoms with Gasteiger partial charge in [0.2, 0.25) is 5.88 Å². The Bertz CT molecular complexity index is 1130. The quantitative estimate of drug-likeness (QED) is 0.583. The highest BCUT2D eigenvalue weighted by molar-refractivity contribution is 6.04. The van der Waals surface area contributed by atoms with Crippen molar-refractivity contribution in [1.82, 2.24) is 4.98 Å². The lowest BCUT2D eigenvalue weighted by Crippen LogP contribution is -2.49. The molecule has 164 valence electrons.